The number of aliphatic hydroxyl groups excluding tert-OH is 1. The lowest BCUT2D eigenvalue weighted by molar-refractivity contribution is 0.167. The fraction of sp³-hybridized carbons (Fsp3) is 0.545. The van der Waals surface area contributed by atoms with Crippen LogP contribution in [0.3, 0.4) is 0 Å². The van der Waals surface area contributed by atoms with Crippen LogP contribution in [0.4, 0.5) is 10.7 Å². The topological polar surface area (TPSA) is 87.6 Å². The fourth-order valence-corrected chi connectivity index (χ4v) is 1.88. The highest BCUT2D eigenvalue weighted by Gasteiger charge is 2.25. The van der Waals surface area contributed by atoms with Crippen LogP contribution in [-0.4, -0.2) is 47.4 Å². The Hall–Kier alpha value is -1.89. The molecule has 0 saturated carbocycles. The van der Waals surface area contributed by atoms with Gasteiger partial charge >= 0.3 is 6.09 Å². The number of carbonyl (C=O) groups excluding carboxylic acids is 1. The van der Waals surface area contributed by atoms with Gasteiger partial charge in [-0.2, -0.15) is 0 Å². The number of methoxy groups -OCH3 is 1. The van der Waals surface area contributed by atoms with E-state index in [4.69, 9.17) is 5.11 Å². The SMILES string of the molecule is COC(=O)NC1CCN(c2ncc(CO)cn2)C1. The number of aliphatic hydroxyl groups is 1. The molecule has 1 aromatic rings. The summed E-state index contributed by atoms with van der Waals surface area (Å²) >= 11 is 0. The lowest BCUT2D eigenvalue weighted by Gasteiger charge is -2.16. The summed E-state index contributed by atoms with van der Waals surface area (Å²) in [5.74, 6) is 0.612. The third-order valence-corrected chi connectivity index (χ3v) is 2.85. The van der Waals surface area contributed by atoms with E-state index in [0.29, 0.717) is 18.1 Å². The molecule has 1 unspecified atom stereocenters. The van der Waals surface area contributed by atoms with Gasteiger partial charge in [0.25, 0.3) is 0 Å². The monoisotopic (exact) mass is 252 g/mol. The Morgan fingerprint density at radius 2 is 2.33 bits per heavy atom. The minimum absolute atomic E-state index is 0.0542. The Morgan fingerprint density at radius 1 is 1.61 bits per heavy atom. The van der Waals surface area contributed by atoms with E-state index in [9.17, 15) is 4.79 Å². The lowest BCUT2D eigenvalue weighted by Crippen LogP contribution is -2.37. The molecule has 1 saturated heterocycles. The van der Waals surface area contributed by atoms with E-state index >= 15 is 0 Å². The summed E-state index contributed by atoms with van der Waals surface area (Å²) in [6.07, 6.45) is 3.62. The lowest BCUT2D eigenvalue weighted by atomic mass is 10.3. The number of nitrogens with zero attached hydrogens (tertiary/aromatic N) is 3. The van der Waals surface area contributed by atoms with Crippen molar-refractivity contribution in [1.29, 1.82) is 0 Å². The van der Waals surface area contributed by atoms with Gasteiger partial charge in [0.15, 0.2) is 0 Å². The number of nitrogens with one attached hydrogen (secondary N) is 1. The molecule has 7 nitrogen and oxygen atoms in total. The van der Waals surface area contributed by atoms with Crippen LogP contribution in [0.15, 0.2) is 12.4 Å². The van der Waals surface area contributed by atoms with Crippen LogP contribution in [0.25, 0.3) is 0 Å². The molecular weight excluding hydrogens is 236 g/mol. The third kappa shape index (κ3) is 2.86. The van der Waals surface area contributed by atoms with Gasteiger partial charge in [0.05, 0.1) is 19.8 Å². The number of carbonyl (C=O) groups is 1. The Bertz CT molecular complexity index is 409. The third-order valence-electron chi connectivity index (χ3n) is 2.85. The summed E-state index contributed by atoms with van der Waals surface area (Å²) in [7, 11) is 1.35. The zero-order chi connectivity index (χ0) is 13.0. The molecule has 2 N–H and O–H groups in total. The summed E-state index contributed by atoms with van der Waals surface area (Å²) < 4.78 is 4.56. The summed E-state index contributed by atoms with van der Waals surface area (Å²) in [4.78, 5) is 21.4. The molecule has 2 heterocycles. The molecule has 0 spiro atoms. The Kier molecular flexibility index (Phi) is 3.93. The number of aromatic nitrogens is 2. The molecule has 98 valence electrons. The minimum Gasteiger partial charge on any atom is -0.453 e. The van der Waals surface area contributed by atoms with Gasteiger partial charge in [-0.15, -0.1) is 0 Å². The second kappa shape index (κ2) is 5.63. The largest absolute Gasteiger partial charge is 0.453 e. The Balaban J connectivity index is 1.93. The predicted molar refractivity (Wildman–Crippen MR) is 64.1 cm³/mol. The van der Waals surface area contributed by atoms with Crippen molar-refractivity contribution in [3.05, 3.63) is 18.0 Å². The van der Waals surface area contributed by atoms with Crippen LogP contribution in [0.2, 0.25) is 0 Å². The van der Waals surface area contributed by atoms with Gasteiger partial charge in [0.2, 0.25) is 5.95 Å². The van der Waals surface area contributed by atoms with E-state index in [-0.39, 0.29) is 12.6 Å². The first-order chi connectivity index (χ1) is 8.72. The van der Waals surface area contributed by atoms with Crippen LogP contribution in [0.1, 0.15) is 12.0 Å². The zero-order valence-corrected chi connectivity index (χ0v) is 10.2. The maximum Gasteiger partial charge on any atom is 0.407 e. The number of hydrogen-bond acceptors (Lipinski definition) is 6. The Morgan fingerprint density at radius 3 is 2.94 bits per heavy atom. The van der Waals surface area contributed by atoms with E-state index in [2.05, 4.69) is 20.0 Å². The molecule has 0 bridgehead atoms. The van der Waals surface area contributed by atoms with Gasteiger partial charge < -0.3 is 20.1 Å². The number of rotatable bonds is 3. The first-order valence-corrected chi connectivity index (χ1v) is 5.74. The van der Waals surface area contributed by atoms with Gasteiger partial charge in [0, 0.05) is 31.0 Å². The van der Waals surface area contributed by atoms with Crippen LogP contribution < -0.4 is 10.2 Å². The molecule has 18 heavy (non-hydrogen) atoms. The van der Waals surface area contributed by atoms with E-state index < -0.39 is 6.09 Å². The van der Waals surface area contributed by atoms with Crippen LogP contribution >= 0.6 is 0 Å². The van der Waals surface area contributed by atoms with Gasteiger partial charge in [-0.25, -0.2) is 14.8 Å². The summed E-state index contributed by atoms with van der Waals surface area (Å²) in [5, 5.41) is 11.7. The summed E-state index contributed by atoms with van der Waals surface area (Å²) in [6, 6.07) is 0.0542. The first kappa shape index (κ1) is 12.6. The molecule has 2 rings (SSSR count). The van der Waals surface area contributed by atoms with Crippen LogP contribution in [0.5, 0.6) is 0 Å². The van der Waals surface area contributed by atoms with E-state index in [1.807, 2.05) is 4.90 Å². The van der Waals surface area contributed by atoms with Gasteiger partial charge in [-0.3, -0.25) is 0 Å². The predicted octanol–water partition coefficient (Wildman–Crippen LogP) is -0.0964. The number of hydrogen-bond donors (Lipinski definition) is 2. The Labute approximate surface area is 105 Å². The van der Waals surface area contributed by atoms with E-state index in [1.165, 1.54) is 7.11 Å². The molecule has 1 aliphatic rings. The highest BCUT2D eigenvalue weighted by Crippen LogP contribution is 2.15. The molecule has 1 aromatic heterocycles. The smallest absolute Gasteiger partial charge is 0.407 e. The van der Waals surface area contributed by atoms with Crippen molar-refractivity contribution >= 4 is 12.0 Å². The second-order valence-electron chi connectivity index (χ2n) is 4.12. The fourth-order valence-electron chi connectivity index (χ4n) is 1.88. The van der Waals surface area contributed by atoms with Crippen molar-refractivity contribution in [1.82, 2.24) is 15.3 Å². The molecule has 0 aliphatic carbocycles. The molecule has 1 amide bonds. The van der Waals surface area contributed by atoms with Gasteiger partial charge in [0.1, 0.15) is 0 Å². The standard InChI is InChI=1S/C11H16N4O3/c1-18-11(17)14-9-2-3-15(6-9)10-12-4-8(7-16)5-13-10/h4-5,9,16H,2-3,6-7H2,1H3,(H,14,17). The van der Waals surface area contributed by atoms with E-state index in [0.717, 1.165) is 13.0 Å². The number of amides is 1. The first-order valence-electron chi connectivity index (χ1n) is 5.74. The molecular formula is C11H16N4O3. The zero-order valence-electron chi connectivity index (χ0n) is 10.2. The quantitative estimate of drug-likeness (QED) is 0.781. The van der Waals surface area contributed by atoms with Crippen molar-refractivity contribution in [3.63, 3.8) is 0 Å². The van der Waals surface area contributed by atoms with Crippen LogP contribution in [0, 0.1) is 0 Å². The number of alkyl carbamates (subject to hydrolysis) is 1. The number of anilines is 1. The minimum atomic E-state index is -0.418. The van der Waals surface area contributed by atoms with Gasteiger partial charge in [-0.05, 0) is 6.42 Å². The second-order valence-corrected chi connectivity index (χ2v) is 4.12. The van der Waals surface area contributed by atoms with Crippen molar-refractivity contribution in [2.75, 3.05) is 25.1 Å². The maximum absolute atomic E-state index is 11.1. The molecule has 1 fully saturated rings. The highest BCUT2D eigenvalue weighted by molar-refractivity contribution is 5.67. The van der Waals surface area contributed by atoms with Crippen molar-refractivity contribution < 1.29 is 14.6 Å². The molecule has 1 atom stereocenters. The van der Waals surface area contributed by atoms with Crippen molar-refractivity contribution in [2.24, 2.45) is 0 Å². The molecule has 1 aliphatic heterocycles. The van der Waals surface area contributed by atoms with Gasteiger partial charge in [-0.1, -0.05) is 0 Å². The summed E-state index contributed by atoms with van der Waals surface area (Å²) in [5.41, 5.74) is 0.683. The normalized spacial score (nSPS) is 18.8. The summed E-state index contributed by atoms with van der Waals surface area (Å²) in [6.45, 7) is 1.38. The maximum atomic E-state index is 11.1. The average molecular weight is 252 g/mol. The molecule has 0 radical (unpaired) electrons. The number of ether oxygens (including phenoxy) is 1. The van der Waals surface area contributed by atoms with Crippen molar-refractivity contribution in [3.8, 4) is 0 Å². The average Bonchev–Trinajstić information content (AvgIpc) is 2.87. The highest BCUT2D eigenvalue weighted by atomic mass is 16.5. The van der Waals surface area contributed by atoms with E-state index in [1.54, 1.807) is 12.4 Å². The van der Waals surface area contributed by atoms with Crippen LogP contribution in [-0.2, 0) is 11.3 Å². The molecule has 0 aromatic carbocycles. The van der Waals surface area contributed by atoms with Crippen molar-refractivity contribution in [2.45, 2.75) is 19.1 Å². The molecule has 7 heteroatoms.